The monoisotopic (exact) mass is 206 g/mol. The smallest absolute Gasteiger partial charge is 0.225 e. The van der Waals surface area contributed by atoms with E-state index in [1.807, 2.05) is 13.0 Å². The second-order valence-electron chi connectivity index (χ2n) is 3.29. The van der Waals surface area contributed by atoms with Crippen molar-refractivity contribution in [2.75, 3.05) is 5.32 Å². The number of amides is 1. The van der Waals surface area contributed by atoms with Crippen LogP contribution in [0.2, 0.25) is 0 Å². The summed E-state index contributed by atoms with van der Waals surface area (Å²) in [6.45, 7) is 2.03. The van der Waals surface area contributed by atoms with Gasteiger partial charge < -0.3 is 5.32 Å². The van der Waals surface area contributed by atoms with E-state index in [4.69, 9.17) is 5.26 Å². The van der Waals surface area contributed by atoms with Crippen LogP contribution in [-0.2, 0) is 11.8 Å². The van der Waals surface area contributed by atoms with Gasteiger partial charge in [0.1, 0.15) is 17.5 Å². The lowest BCUT2D eigenvalue weighted by molar-refractivity contribution is -0.116. The summed E-state index contributed by atoms with van der Waals surface area (Å²) in [5.41, 5.74) is 0.391. The number of rotatable bonds is 4. The van der Waals surface area contributed by atoms with Crippen molar-refractivity contribution < 1.29 is 4.79 Å². The first kappa shape index (κ1) is 11.2. The Morgan fingerprint density at radius 3 is 3.07 bits per heavy atom. The highest BCUT2D eigenvalue weighted by Crippen LogP contribution is 2.12. The van der Waals surface area contributed by atoms with Gasteiger partial charge in [-0.15, -0.1) is 0 Å². The molecule has 0 aliphatic carbocycles. The van der Waals surface area contributed by atoms with Crippen molar-refractivity contribution in [3.8, 4) is 6.07 Å². The highest BCUT2D eigenvalue weighted by molar-refractivity contribution is 5.90. The van der Waals surface area contributed by atoms with E-state index in [0.717, 1.165) is 12.8 Å². The molecular formula is C10H14N4O. The number of aromatic nitrogens is 2. The van der Waals surface area contributed by atoms with E-state index in [1.165, 1.54) is 10.9 Å². The molecule has 0 fully saturated rings. The van der Waals surface area contributed by atoms with Gasteiger partial charge in [-0.3, -0.25) is 9.48 Å². The zero-order chi connectivity index (χ0) is 11.3. The molecule has 5 heteroatoms. The number of aryl methyl sites for hydroxylation is 1. The lowest BCUT2D eigenvalue weighted by Gasteiger charge is -2.04. The molecule has 0 aliphatic heterocycles. The van der Waals surface area contributed by atoms with Crippen LogP contribution >= 0.6 is 0 Å². The lowest BCUT2D eigenvalue weighted by atomic mass is 10.2. The molecule has 0 saturated heterocycles. The maximum absolute atomic E-state index is 11.4. The Hall–Kier alpha value is -1.83. The van der Waals surface area contributed by atoms with E-state index in [-0.39, 0.29) is 5.91 Å². The van der Waals surface area contributed by atoms with E-state index in [2.05, 4.69) is 10.4 Å². The fraction of sp³-hybridized carbons (Fsp3) is 0.500. The maximum atomic E-state index is 11.4. The first-order valence-electron chi connectivity index (χ1n) is 4.91. The molecule has 0 radical (unpaired) electrons. The maximum Gasteiger partial charge on any atom is 0.225 e. The summed E-state index contributed by atoms with van der Waals surface area (Å²) in [6.07, 6.45) is 3.75. The van der Waals surface area contributed by atoms with Gasteiger partial charge in [0.05, 0.1) is 6.20 Å². The number of hydrogen-bond donors (Lipinski definition) is 1. The molecule has 1 heterocycles. The van der Waals surface area contributed by atoms with Crippen LogP contribution in [0.4, 0.5) is 5.82 Å². The van der Waals surface area contributed by atoms with Gasteiger partial charge in [0.2, 0.25) is 5.91 Å². The Labute approximate surface area is 88.7 Å². The Balaban J connectivity index is 2.68. The number of carbonyl (C=O) groups is 1. The molecule has 0 aromatic carbocycles. The fourth-order valence-corrected chi connectivity index (χ4v) is 1.20. The van der Waals surface area contributed by atoms with Crippen molar-refractivity contribution in [3.05, 3.63) is 11.8 Å². The average molecular weight is 206 g/mol. The van der Waals surface area contributed by atoms with Crippen molar-refractivity contribution >= 4 is 11.7 Å². The largest absolute Gasteiger partial charge is 0.310 e. The quantitative estimate of drug-likeness (QED) is 0.809. The van der Waals surface area contributed by atoms with Crippen LogP contribution in [0.3, 0.4) is 0 Å². The molecule has 1 amide bonds. The third-order valence-corrected chi connectivity index (χ3v) is 2.07. The van der Waals surface area contributed by atoms with Crippen LogP contribution in [0.25, 0.3) is 0 Å². The SMILES string of the molecule is CCCCC(=O)Nc1c(C#N)cnn1C. The third kappa shape index (κ3) is 2.81. The van der Waals surface area contributed by atoms with Crippen LogP contribution in [0.15, 0.2) is 6.20 Å². The summed E-state index contributed by atoms with van der Waals surface area (Å²) in [6, 6.07) is 1.98. The number of nitrogens with one attached hydrogen (secondary N) is 1. The van der Waals surface area contributed by atoms with Crippen molar-refractivity contribution in [1.29, 1.82) is 5.26 Å². The normalized spacial score (nSPS) is 9.67. The molecule has 0 saturated carbocycles. The van der Waals surface area contributed by atoms with Crippen LogP contribution in [0.1, 0.15) is 31.7 Å². The minimum Gasteiger partial charge on any atom is -0.310 e. The van der Waals surface area contributed by atoms with Crippen molar-refractivity contribution in [2.45, 2.75) is 26.2 Å². The van der Waals surface area contributed by atoms with Crippen LogP contribution < -0.4 is 5.32 Å². The molecule has 0 bridgehead atoms. The minimum atomic E-state index is -0.0723. The molecule has 1 rings (SSSR count). The number of nitriles is 1. The van der Waals surface area contributed by atoms with Gasteiger partial charge in [-0.25, -0.2) is 0 Å². The molecule has 0 unspecified atom stereocenters. The number of carbonyl (C=O) groups excluding carboxylic acids is 1. The Kier molecular flexibility index (Phi) is 3.86. The van der Waals surface area contributed by atoms with Gasteiger partial charge in [-0.2, -0.15) is 10.4 Å². The summed E-state index contributed by atoms with van der Waals surface area (Å²) < 4.78 is 1.49. The second-order valence-corrected chi connectivity index (χ2v) is 3.29. The second kappa shape index (κ2) is 5.15. The third-order valence-electron chi connectivity index (χ3n) is 2.07. The first-order valence-corrected chi connectivity index (χ1v) is 4.91. The van der Waals surface area contributed by atoms with E-state index in [9.17, 15) is 4.79 Å². The molecule has 0 spiro atoms. The summed E-state index contributed by atoms with van der Waals surface area (Å²) in [4.78, 5) is 11.4. The van der Waals surface area contributed by atoms with Crippen LogP contribution in [0.5, 0.6) is 0 Å². The molecule has 5 nitrogen and oxygen atoms in total. The lowest BCUT2D eigenvalue weighted by Crippen LogP contribution is -2.14. The summed E-state index contributed by atoms with van der Waals surface area (Å²) in [5.74, 6) is 0.399. The predicted molar refractivity (Wildman–Crippen MR) is 56.1 cm³/mol. The van der Waals surface area contributed by atoms with Crippen molar-refractivity contribution in [2.24, 2.45) is 7.05 Å². The number of nitrogens with zero attached hydrogens (tertiary/aromatic N) is 3. The van der Waals surface area contributed by atoms with E-state index in [1.54, 1.807) is 7.05 Å². The molecule has 1 aromatic heterocycles. The zero-order valence-electron chi connectivity index (χ0n) is 8.95. The standard InChI is InChI=1S/C10H14N4O/c1-3-4-5-9(15)13-10-8(6-11)7-12-14(10)2/h7H,3-5H2,1-2H3,(H,13,15). The van der Waals surface area contributed by atoms with Gasteiger partial charge in [0, 0.05) is 13.5 Å². The van der Waals surface area contributed by atoms with Gasteiger partial charge in [0.25, 0.3) is 0 Å². The molecular weight excluding hydrogens is 192 g/mol. The zero-order valence-corrected chi connectivity index (χ0v) is 8.95. The van der Waals surface area contributed by atoms with E-state index in [0.29, 0.717) is 17.8 Å². The molecule has 1 N–H and O–H groups in total. The topological polar surface area (TPSA) is 70.7 Å². The Bertz CT molecular complexity index is 389. The van der Waals surface area contributed by atoms with Crippen LogP contribution in [0, 0.1) is 11.3 Å². The molecule has 0 aliphatic rings. The van der Waals surface area contributed by atoms with Crippen LogP contribution in [-0.4, -0.2) is 15.7 Å². The van der Waals surface area contributed by atoms with Gasteiger partial charge in [0.15, 0.2) is 0 Å². The predicted octanol–water partition coefficient (Wildman–Crippen LogP) is 1.42. The Morgan fingerprint density at radius 1 is 1.73 bits per heavy atom. The number of unbranched alkanes of at least 4 members (excludes halogenated alkanes) is 1. The average Bonchev–Trinajstić information content (AvgIpc) is 2.57. The minimum absolute atomic E-state index is 0.0723. The molecule has 80 valence electrons. The van der Waals surface area contributed by atoms with Gasteiger partial charge in [-0.1, -0.05) is 13.3 Å². The number of anilines is 1. The van der Waals surface area contributed by atoms with Gasteiger partial charge in [-0.05, 0) is 6.42 Å². The molecule has 0 atom stereocenters. The summed E-state index contributed by atoms with van der Waals surface area (Å²) in [5, 5.41) is 15.3. The van der Waals surface area contributed by atoms with Gasteiger partial charge >= 0.3 is 0 Å². The Morgan fingerprint density at radius 2 is 2.47 bits per heavy atom. The van der Waals surface area contributed by atoms with Crippen molar-refractivity contribution in [3.63, 3.8) is 0 Å². The fourth-order valence-electron chi connectivity index (χ4n) is 1.20. The van der Waals surface area contributed by atoms with E-state index < -0.39 is 0 Å². The van der Waals surface area contributed by atoms with E-state index >= 15 is 0 Å². The first-order chi connectivity index (χ1) is 7.19. The highest BCUT2D eigenvalue weighted by Gasteiger charge is 2.10. The molecule has 1 aromatic rings. The highest BCUT2D eigenvalue weighted by atomic mass is 16.1. The molecule has 15 heavy (non-hydrogen) atoms. The summed E-state index contributed by atoms with van der Waals surface area (Å²) >= 11 is 0. The van der Waals surface area contributed by atoms with Crippen molar-refractivity contribution in [1.82, 2.24) is 9.78 Å². The summed E-state index contributed by atoms with van der Waals surface area (Å²) in [7, 11) is 1.69. The number of hydrogen-bond acceptors (Lipinski definition) is 3.